The fraction of sp³-hybridized carbons (Fsp3) is 0.357. The van der Waals surface area contributed by atoms with E-state index in [-0.39, 0.29) is 0 Å². The third-order valence-corrected chi connectivity index (χ3v) is 3.26. The highest BCUT2D eigenvalue weighted by Crippen LogP contribution is 2.32. The Morgan fingerprint density at radius 1 is 1.35 bits per heavy atom. The molecule has 0 fully saturated rings. The normalized spacial score (nSPS) is 13.5. The molecule has 0 saturated carbocycles. The Labute approximate surface area is 114 Å². The minimum Gasteiger partial charge on any atom is -0.382 e. The van der Waals surface area contributed by atoms with Gasteiger partial charge < -0.3 is 9.67 Å². The van der Waals surface area contributed by atoms with Crippen molar-refractivity contribution in [3.63, 3.8) is 0 Å². The number of rotatable bonds is 3. The average Bonchev–Trinajstić information content (AvgIpc) is 2.85. The summed E-state index contributed by atoms with van der Waals surface area (Å²) in [5, 5.41) is 10.3. The molecule has 1 heterocycles. The summed E-state index contributed by atoms with van der Waals surface area (Å²) in [6, 6.07) is 3.35. The highest BCUT2D eigenvalue weighted by Gasteiger charge is 2.31. The number of nitrogens with zero attached hydrogens (tertiary/aromatic N) is 2. The zero-order valence-corrected chi connectivity index (χ0v) is 11.1. The third kappa shape index (κ3) is 2.70. The quantitative estimate of drug-likeness (QED) is 0.939. The van der Waals surface area contributed by atoms with Crippen LogP contribution in [0.3, 0.4) is 0 Å². The van der Waals surface area contributed by atoms with Crippen molar-refractivity contribution < 1.29 is 18.3 Å². The summed E-state index contributed by atoms with van der Waals surface area (Å²) < 4.78 is 39.6. The smallest absolute Gasteiger partial charge is 0.382 e. The molecule has 1 N–H and O–H groups in total. The van der Waals surface area contributed by atoms with Gasteiger partial charge in [0.2, 0.25) is 0 Å². The summed E-state index contributed by atoms with van der Waals surface area (Å²) >= 11 is 0. The first kappa shape index (κ1) is 14.6. The van der Waals surface area contributed by atoms with E-state index in [2.05, 4.69) is 4.98 Å². The number of aromatic nitrogens is 2. The van der Waals surface area contributed by atoms with Gasteiger partial charge in [0.15, 0.2) is 0 Å². The van der Waals surface area contributed by atoms with E-state index in [0.717, 1.165) is 12.1 Å². The molecule has 3 nitrogen and oxygen atoms in total. The van der Waals surface area contributed by atoms with Crippen LogP contribution in [0.15, 0.2) is 30.7 Å². The molecule has 1 aromatic carbocycles. The van der Waals surface area contributed by atoms with Crippen molar-refractivity contribution in [3.8, 4) is 0 Å². The van der Waals surface area contributed by atoms with Crippen molar-refractivity contribution in [3.05, 3.63) is 53.1 Å². The van der Waals surface area contributed by atoms with E-state index in [4.69, 9.17) is 0 Å². The van der Waals surface area contributed by atoms with E-state index in [9.17, 15) is 18.3 Å². The predicted octanol–water partition coefficient (Wildman–Crippen LogP) is 3.31. The van der Waals surface area contributed by atoms with Crippen LogP contribution in [0, 0.1) is 6.92 Å². The van der Waals surface area contributed by atoms with Gasteiger partial charge in [-0.25, -0.2) is 4.98 Å². The van der Waals surface area contributed by atoms with Gasteiger partial charge in [-0.05, 0) is 37.1 Å². The Morgan fingerprint density at radius 3 is 2.60 bits per heavy atom. The summed E-state index contributed by atoms with van der Waals surface area (Å²) in [6.45, 7) is 4.09. The average molecular weight is 284 g/mol. The fourth-order valence-corrected chi connectivity index (χ4v) is 2.14. The molecule has 2 rings (SSSR count). The predicted molar refractivity (Wildman–Crippen MR) is 68.1 cm³/mol. The first-order valence-corrected chi connectivity index (χ1v) is 6.20. The highest BCUT2D eigenvalue weighted by molar-refractivity contribution is 5.37. The van der Waals surface area contributed by atoms with E-state index >= 15 is 0 Å². The first-order valence-electron chi connectivity index (χ1n) is 6.20. The van der Waals surface area contributed by atoms with Gasteiger partial charge in [0, 0.05) is 6.54 Å². The molecule has 0 saturated heterocycles. The van der Waals surface area contributed by atoms with Crippen molar-refractivity contribution in [2.75, 3.05) is 0 Å². The van der Waals surface area contributed by atoms with Gasteiger partial charge in [-0.15, -0.1) is 0 Å². The first-order chi connectivity index (χ1) is 9.34. The molecular formula is C14H15F3N2O. The lowest BCUT2D eigenvalue weighted by Gasteiger charge is -2.17. The second-order valence-electron chi connectivity index (χ2n) is 4.58. The van der Waals surface area contributed by atoms with E-state index in [1.165, 1.54) is 12.3 Å². The summed E-state index contributed by atoms with van der Waals surface area (Å²) in [7, 11) is 0. The number of hydrogen-bond donors (Lipinski definition) is 1. The zero-order chi connectivity index (χ0) is 14.9. The van der Waals surface area contributed by atoms with Crippen LogP contribution in [0.25, 0.3) is 0 Å². The summed E-state index contributed by atoms with van der Waals surface area (Å²) in [5.74, 6) is 0. The van der Waals surface area contributed by atoms with E-state index in [1.54, 1.807) is 17.8 Å². The van der Waals surface area contributed by atoms with Crippen LogP contribution in [0.1, 0.15) is 35.4 Å². The minimum atomic E-state index is -4.38. The van der Waals surface area contributed by atoms with Crippen LogP contribution < -0.4 is 0 Å². The molecule has 1 atom stereocenters. The molecular weight excluding hydrogens is 269 g/mol. The second-order valence-corrected chi connectivity index (χ2v) is 4.58. The topological polar surface area (TPSA) is 38.0 Å². The minimum absolute atomic E-state index is 0.399. The molecule has 0 aliphatic heterocycles. The van der Waals surface area contributed by atoms with Gasteiger partial charge in [-0.1, -0.05) is 6.07 Å². The lowest BCUT2D eigenvalue weighted by molar-refractivity contribution is -0.137. The Morgan fingerprint density at radius 2 is 2.05 bits per heavy atom. The van der Waals surface area contributed by atoms with Crippen LogP contribution in [0.5, 0.6) is 0 Å². The standard InChI is InChI=1S/C14H15F3N2O/c1-3-19-8-18-7-12(19)13(20)11-5-4-10(6-9(11)2)14(15,16)17/h4-8,13,20H,3H2,1-2H3. The van der Waals surface area contributed by atoms with Gasteiger partial charge in [0.25, 0.3) is 0 Å². The summed E-state index contributed by atoms with van der Waals surface area (Å²) in [6.07, 6.45) is -2.26. The number of imidazole rings is 1. The molecule has 1 aromatic heterocycles. The Kier molecular flexibility index (Phi) is 3.85. The number of aliphatic hydroxyl groups is 1. The molecule has 1 unspecified atom stereocenters. The van der Waals surface area contributed by atoms with Gasteiger partial charge >= 0.3 is 6.18 Å². The van der Waals surface area contributed by atoms with Gasteiger partial charge in [0.05, 0.1) is 23.8 Å². The van der Waals surface area contributed by atoms with Gasteiger partial charge in [0.1, 0.15) is 6.10 Å². The molecule has 0 amide bonds. The molecule has 0 spiro atoms. The maximum Gasteiger partial charge on any atom is 0.416 e. The molecule has 0 aliphatic carbocycles. The summed E-state index contributed by atoms with van der Waals surface area (Å²) in [5.41, 5.74) is 0.703. The van der Waals surface area contributed by atoms with Crippen LogP contribution in [0.4, 0.5) is 13.2 Å². The van der Waals surface area contributed by atoms with Crippen molar-refractivity contribution in [2.45, 2.75) is 32.7 Å². The fourth-order valence-electron chi connectivity index (χ4n) is 2.14. The number of aryl methyl sites for hydroxylation is 2. The van der Waals surface area contributed by atoms with E-state index < -0.39 is 17.8 Å². The molecule has 0 aliphatic rings. The SMILES string of the molecule is CCn1cncc1C(O)c1ccc(C(F)(F)F)cc1C. The molecule has 0 bridgehead atoms. The maximum atomic E-state index is 12.6. The highest BCUT2D eigenvalue weighted by atomic mass is 19.4. The lowest BCUT2D eigenvalue weighted by Crippen LogP contribution is -2.10. The van der Waals surface area contributed by atoms with E-state index in [0.29, 0.717) is 23.4 Å². The Balaban J connectivity index is 2.39. The van der Waals surface area contributed by atoms with Crippen molar-refractivity contribution in [2.24, 2.45) is 0 Å². The Bertz CT molecular complexity index is 605. The van der Waals surface area contributed by atoms with Gasteiger partial charge in [-0.3, -0.25) is 0 Å². The Hall–Kier alpha value is -1.82. The largest absolute Gasteiger partial charge is 0.416 e. The van der Waals surface area contributed by atoms with Crippen LogP contribution in [-0.2, 0) is 12.7 Å². The third-order valence-electron chi connectivity index (χ3n) is 3.26. The van der Waals surface area contributed by atoms with Crippen molar-refractivity contribution in [1.29, 1.82) is 0 Å². The second kappa shape index (κ2) is 5.28. The maximum absolute atomic E-state index is 12.6. The number of benzene rings is 1. The molecule has 6 heteroatoms. The summed E-state index contributed by atoms with van der Waals surface area (Å²) in [4.78, 5) is 3.95. The van der Waals surface area contributed by atoms with E-state index in [1.807, 2.05) is 6.92 Å². The number of alkyl halides is 3. The molecule has 0 radical (unpaired) electrons. The zero-order valence-electron chi connectivity index (χ0n) is 11.1. The molecule has 2 aromatic rings. The van der Waals surface area contributed by atoms with Crippen LogP contribution in [-0.4, -0.2) is 14.7 Å². The van der Waals surface area contributed by atoms with Crippen LogP contribution >= 0.6 is 0 Å². The number of hydrogen-bond acceptors (Lipinski definition) is 2. The number of aliphatic hydroxyl groups excluding tert-OH is 1. The monoisotopic (exact) mass is 284 g/mol. The van der Waals surface area contributed by atoms with Crippen molar-refractivity contribution >= 4 is 0 Å². The number of halogens is 3. The van der Waals surface area contributed by atoms with Crippen LogP contribution in [0.2, 0.25) is 0 Å². The lowest BCUT2D eigenvalue weighted by atomic mass is 9.99. The molecule has 108 valence electrons. The molecule has 20 heavy (non-hydrogen) atoms. The van der Waals surface area contributed by atoms with Crippen molar-refractivity contribution in [1.82, 2.24) is 9.55 Å². The van der Waals surface area contributed by atoms with Gasteiger partial charge in [-0.2, -0.15) is 13.2 Å².